The monoisotopic (exact) mass is 276 g/mol. The number of aliphatic carboxylic acids is 1. The van der Waals surface area contributed by atoms with Crippen molar-refractivity contribution in [2.75, 3.05) is 5.88 Å². The molecule has 0 spiro atoms. The number of benzene rings is 1. The highest BCUT2D eigenvalue weighted by molar-refractivity contribution is 6.17. The standard InChI is InChI=1S/C13H15ClF2O2/c14-7-3-1-2-4-10(13(17)18)9-5-6-11(15)12(16)8-9/h5-6,8,10H,1-4,7H2,(H,17,18). The van der Waals surface area contributed by atoms with Gasteiger partial charge in [-0.05, 0) is 30.5 Å². The second kappa shape index (κ2) is 7.31. The fourth-order valence-electron chi connectivity index (χ4n) is 1.78. The molecule has 0 saturated carbocycles. The summed E-state index contributed by atoms with van der Waals surface area (Å²) in [7, 11) is 0. The third-order valence-electron chi connectivity index (χ3n) is 2.77. The van der Waals surface area contributed by atoms with Gasteiger partial charge < -0.3 is 5.11 Å². The van der Waals surface area contributed by atoms with Crippen LogP contribution in [0.5, 0.6) is 0 Å². The minimum Gasteiger partial charge on any atom is -0.481 e. The van der Waals surface area contributed by atoms with Crippen LogP contribution in [0, 0.1) is 11.6 Å². The number of carboxylic acid groups (broad SMARTS) is 1. The Balaban J connectivity index is 2.71. The van der Waals surface area contributed by atoms with E-state index in [1.165, 1.54) is 6.07 Å². The van der Waals surface area contributed by atoms with Crippen LogP contribution in [0.4, 0.5) is 8.78 Å². The van der Waals surface area contributed by atoms with Crippen molar-refractivity contribution in [3.05, 3.63) is 35.4 Å². The fraction of sp³-hybridized carbons (Fsp3) is 0.462. The van der Waals surface area contributed by atoms with Crippen LogP contribution >= 0.6 is 11.6 Å². The van der Waals surface area contributed by atoms with Gasteiger partial charge in [-0.1, -0.05) is 18.9 Å². The fourth-order valence-corrected chi connectivity index (χ4v) is 1.97. The molecule has 1 unspecified atom stereocenters. The molecule has 0 aliphatic rings. The number of carbonyl (C=O) groups is 1. The molecule has 18 heavy (non-hydrogen) atoms. The number of carboxylic acids is 1. The summed E-state index contributed by atoms with van der Waals surface area (Å²) in [6.07, 6.45) is 2.75. The smallest absolute Gasteiger partial charge is 0.310 e. The lowest BCUT2D eigenvalue weighted by Crippen LogP contribution is -2.12. The Hall–Kier alpha value is -1.16. The largest absolute Gasteiger partial charge is 0.481 e. The summed E-state index contributed by atoms with van der Waals surface area (Å²) < 4.78 is 25.8. The normalized spacial score (nSPS) is 12.4. The topological polar surface area (TPSA) is 37.3 Å². The number of halogens is 3. The van der Waals surface area contributed by atoms with Gasteiger partial charge in [-0.25, -0.2) is 8.78 Å². The van der Waals surface area contributed by atoms with Crippen LogP contribution in [0.25, 0.3) is 0 Å². The molecule has 1 rings (SSSR count). The van der Waals surface area contributed by atoms with Gasteiger partial charge in [0.15, 0.2) is 11.6 Å². The van der Waals surface area contributed by atoms with Crippen molar-refractivity contribution in [2.45, 2.75) is 31.6 Å². The second-order valence-electron chi connectivity index (χ2n) is 4.10. The Labute approximate surface area is 110 Å². The SMILES string of the molecule is O=C(O)C(CCCCCCl)c1ccc(F)c(F)c1. The highest BCUT2D eigenvalue weighted by atomic mass is 35.5. The Bertz CT molecular complexity index is 410. The van der Waals surface area contributed by atoms with Crippen LogP contribution in [0.1, 0.15) is 37.2 Å². The lowest BCUT2D eigenvalue weighted by Gasteiger charge is -2.12. The molecule has 1 aromatic carbocycles. The Kier molecular flexibility index (Phi) is 6.05. The van der Waals surface area contributed by atoms with Crippen molar-refractivity contribution in [1.29, 1.82) is 0 Å². The summed E-state index contributed by atoms with van der Waals surface area (Å²) in [5, 5.41) is 9.10. The minimum atomic E-state index is -1.02. The van der Waals surface area contributed by atoms with Gasteiger partial charge >= 0.3 is 5.97 Å². The maximum atomic E-state index is 13.1. The molecule has 0 aliphatic carbocycles. The third-order valence-corrected chi connectivity index (χ3v) is 3.04. The Morgan fingerprint density at radius 1 is 1.22 bits per heavy atom. The number of hydrogen-bond donors (Lipinski definition) is 1. The molecule has 100 valence electrons. The molecular formula is C13H15ClF2O2. The molecule has 0 saturated heterocycles. The molecule has 1 atom stereocenters. The molecule has 0 radical (unpaired) electrons. The summed E-state index contributed by atoms with van der Waals surface area (Å²) in [6.45, 7) is 0. The van der Waals surface area contributed by atoms with Gasteiger partial charge in [-0.15, -0.1) is 11.6 Å². The van der Waals surface area contributed by atoms with E-state index in [4.69, 9.17) is 16.7 Å². The number of rotatable bonds is 7. The van der Waals surface area contributed by atoms with Gasteiger partial charge in [0.05, 0.1) is 5.92 Å². The van der Waals surface area contributed by atoms with Crippen molar-refractivity contribution in [2.24, 2.45) is 0 Å². The van der Waals surface area contributed by atoms with Gasteiger partial charge in [-0.3, -0.25) is 4.79 Å². The molecule has 0 aliphatic heterocycles. The van der Waals surface area contributed by atoms with Gasteiger partial charge in [0.2, 0.25) is 0 Å². The Morgan fingerprint density at radius 3 is 2.50 bits per heavy atom. The van der Waals surface area contributed by atoms with Crippen LogP contribution in [-0.4, -0.2) is 17.0 Å². The van der Waals surface area contributed by atoms with Crippen molar-refractivity contribution < 1.29 is 18.7 Å². The zero-order chi connectivity index (χ0) is 13.5. The molecule has 2 nitrogen and oxygen atoms in total. The van der Waals surface area contributed by atoms with E-state index >= 15 is 0 Å². The van der Waals surface area contributed by atoms with E-state index in [0.717, 1.165) is 25.0 Å². The number of unbranched alkanes of at least 4 members (excludes halogenated alkanes) is 2. The lowest BCUT2D eigenvalue weighted by molar-refractivity contribution is -0.139. The van der Waals surface area contributed by atoms with Gasteiger partial charge in [0.1, 0.15) is 0 Å². The third kappa shape index (κ3) is 4.26. The molecule has 1 N–H and O–H groups in total. The molecule has 0 bridgehead atoms. The maximum absolute atomic E-state index is 13.1. The van der Waals surface area contributed by atoms with Gasteiger partial charge in [-0.2, -0.15) is 0 Å². The van der Waals surface area contributed by atoms with Crippen LogP contribution in [0.2, 0.25) is 0 Å². The predicted molar refractivity (Wildman–Crippen MR) is 65.9 cm³/mol. The number of alkyl halides is 1. The molecule has 0 heterocycles. The van der Waals surface area contributed by atoms with E-state index in [2.05, 4.69) is 0 Å². The highest BCUT2D eigenvalue weighted by Crippen LogP contribution is 2.24. The van der Waals surface area contributed by atoms with E-state index < -0.39 is 23.5 Å². The summed E-state index contributed by atoms with van der Waals surface area (Å²) in [5.74, 6) is -3.25. The van der Waals surface area contributed by atoms with Crippen molar-refractivity contribution in [3.8, 4) is 0 Å². The summed E-state index contributed by atoms with van der Waals surface area (Å²) in [6, 6.07) is 3.23. The quantitative estimate of drug-likeness (QED) is 0.605. The Morgan fingerprint density at radius 2 is 1.94 bits per heavy atom. The molecule has 5 heteroatoms. The average Bonchev–Trinajstić information content (AvgIpc) is 2.32. The first-order chi connectivity index (χ1) is 8.56. The van der Waals surface area contributed by atoms with Crippen molar-refractivity contribution >= 4 is 17.6 Å². The highest BCUT2D eigenvalue weighted by Gasteiger charge is 2.20. The van der Waals surface area contributed by atoms with Gasteiger partial charge in [0.25, 0.3) is 0 Å². The first-order valence-electron chi connectivity index (χ1n) is 5.80. The van der Waals surface area contributed by atoms with E-state index in [1.807, 2.05) is 0 Å². The summed E-state index contributed by atoms with van der Waals surface area (Å²) in [5.41, 5.74) is 0.298. The average molecular weight is 277 g/mol. The predicted octanol–water partition coefficient (Wildman–Crippen LogP) is 3.93. The molecule has 1 aromatic rings. The second-order valence-corrected chi connectivity index (χ2v) is 4.48. The van der Waals surface area contributed by atoms with E-state index in [1.54, 1.807) is 0 Å². The minimum absolute atomic E-state index is 0.298. The molecule has 0 fully saturated rings. The molecule has 0 amide bonds. The van der Waals surface area contributed by atoms with Crippen LogP contribution in [0.3, 0.4) is 0 Å². The van der Waals surface area contributed by atoms with Crippen molar-refractivity contribution in [3.63, 3.8) is 0 Å². The van der Waals surface area contributed by atoms with Crippen LogP contribution in [-0.2, 0) is 4.79 Å². The van der Waals surface area contributed by atoms with E-state index in [-0.39, 0.29) is 0 Å². The van der Waals surface area contributed by atoms with Gasteiger partial charge in [0, 0.05) is 5.88 Å². The first-order valence-corrected chi connectivity index (χ1v) is 6.33. The van der Waals surface area contributed by atoms with E-state index in [0.29, 0.717) is 24.3 Å². The van der Waals surface area contributed by atoms with Crippen molar-refractivity contribution in [1.82, 2.24) is 0 Å². The number of hydrogen-bond acceptors (Lipinski definition) is 1. The van der Waals surface area contributed by atoms with Crippen LogP contribution < -0.4 is 0 Å². The molecule has 0 aromatic heterocycles. The zero-order valence-electron chi connectivity index (χ0n) is 9.83. The first kappa shape index (κ1) is 14.9. The van der Waals surface area contributed by atoms with Crippen LogP contribution in [0.15, 0.2) is 18.2 Å². The molecular weight excluding hydrogens is 262 g/mol. The summed E-state index contributed by atoms with van der Waals surface area (Å²) in [4.78, 5) is 11.1. The maximum Gasteiger partial charge on any atom is 0.310 e. The lowest BCUT2D eigenvalue weighted by atomic mass is 9.93. The zero-order valence-corrected chi connectivity index (χ0v) is 10.6. The summed E-state index contributed by atoms with van der Waals surface area (Å²) >= 11 is 5.53. The van der Waals surface area contributed by atoms with E-state index in [9.17, 15) is 13.6 Å².